The second-order valence-corrected chi connectivity index (χ2v) is 6.06. The number of amides is 2. The van der Waals surface area contributed by atoms with E-state index >= 15 is 0 Å². The number of nitrogens with zero attached hydrogens (tertiary/aromatic N) is 1. The molecule has 25 heavy (non-hydrogen) atoms. The number of hydrogen-bond acceptors (Lipinski definition) is 3. The third-order valence-corrected chi connectivity index (χ3v) is 3.84. The summed E-state index contributed by atoms with van der Waals surface area (Å²) in [7, 11) is 3.99. The Bertz CT molecular complexity index is 682. The molecule has 2 aromatic rings. The van der Waals surface area contributed by atoms with E-state index in [2.05, 4.69) is 10.6 Å². The first-order valence-corrected chi connectivity index (χ1v) is 8.42. The molecule has 0 saturated heterocycles. The predicted octanol–water partition coefficient (Wildman–Crippen LogP) is 2.58. The maximum atomic E-state index is 11.9. The monoisotopic (exact) mass is 339 g/mol. The van der Waals surface area contributed by atoms with Crippen LogP contribution in [-0.4, -0.2) is 32.5 Å². The van der Waals surface area contributed by atoms with Crippen LogP contribution in [0.25, 0.3) is 0 Å². The van der Waals surface area contributed by atoms with Crippen molar-refractivity contribution in [3.63, 3.8) is 0 Å². The average molecular weight is 339 g/mol. The van der Waals surface area contributed by atoms with Crippen molar-refractivity contribution in [2.24, 2.45) is 0 Å². The smallest absolute Gasteiger partial charge is 0.251 e. The van der Waals surface area contributed by atoms with Crippen molar-refractivity contribution >= 4 is 17.5 Å². The number of carbonyl (C=O) groups excluding carboxylic acids is 2. The number of carbonyl (C=O) groups is 2. The van der Waals surface area contributed by atoms with Crippen LogP contribution in [0.5, 0.6) is 0 Å². The SMILES string of the molecule is CN(C)c1ccc(CNC(=O)CCCNC(=O)c2ccccc2)cc1. The molecule has 0 heterocycles. The van der Waals surface area contributed by atoms with Gasteiger partial charge in [0.2, 0.25) is 5.91 Å². The largest absolute Gasteiger partial charge is 0.378 e. The summed E-state index contributed by atoms with van der Waals surface area (Å²) in [4.78, 5) is 25.8. The first-order chi connectivity index (χ1) is 12.1. The zero-order valence-corrected chi connectivity index (χ0v) is 14.8. The first-order valence-electron chi connectivity index (χ1n) is 8.42. The highest BCUT2D eigenvalue weighted by atomic mass is 16.2. The van der Waals surface area contributed by atoms with Gasteiger partial charge in [0.25, 0.3) is 5.91 Å². The van der Waals surface area contributed by atoms with Gasteiger partial charge in [-0.05, 0) is 36.2 Å². The molecule has 2 aromatic carbocycles. The quantitative estimate of drug-likeness (QED) is 0.727. The van der Waals surface area contributed by atoms with Crippen molar-refractivity contribution in [1.82, 2.24) is 10.6 Å². The fourth-order valence-corrected chi connectivity index (χ4v) is 2.34. The highest BCUT2D eigenvalue weighted by Gasteiger charge is 2.05. The molecule has 0 fully saturated rings. The molecule has 5 heteroatoms. The Labute approximate surface area is 149 Å². The summed E-state index contributed by atoms with van der Waals surface area (Å²) >= 11 is 0. The van der Waals surface area contributed by atoms with Gasteiger partial charge in [-0.25, -0.2) is 0 Å². The fraction of sp³-hybridized carbons (Fsp3) is 0.300. The number of benzene rings is 2. The van der Waals surface area contributed by atoms with E-state index in [1.54, 1.807) is 12.1 Å². The van der Waals surface area contributed by atoms with Gasteiger partial charge in [-0.3, -0.25) is 9.59 Å². The second-order valence-electron chi connectivity index (χ2n) is 6.06. The van der Waals surface area contributed by atoms with Crippen LogP contribution in [0.1, 0.15) is 28.8 Å². The first kappa shape index (κ1) is 18.5. The lowest BCUT2D eigenvalue weighted by Gasteiger charge is -2.13. The molecule has 0 aliphatic carbocycles. The van der Waals surface area contributed by atoms with E-state index in [1.165, 1.54) is 0 Å². The Morgan fingerprint density at radius 3 is 2.24 bits per heavy atom. The van der Waals surface area contributed by atoms with Crippen molar-refractivity contribution < 1.29 is 9.59 Å². The van der Waals surface area contributed by atoms with Gasteiger partial charge in [0.1, 0.15) is 0 Å². The van der Waals surface area contributed by atoms with E-state index in [1.807, 2.05) is 61.5 Å². The molecule has 0 atom stereocenters. The summed E-state index contributed by atoms with van der Waals surface area (Å²) in [5.74, 6) is -0.118. The van der Waals surface area contributed by atoms with Gasteiger partial charge in [0, 0.05) is 44.9 Å². The van der Waals surface area contributed by atoms with E-state index in [9.17, 15) is 9.59 Å². The van der Waals surface area contributed by atoms with E-state index in [4.69, 9.17) is 0 Å². The van der Waals surface area contributed by atoms with Gasteiger partial charge in [-0.2, -0.15) is 0 Å². The molecule has 5 nitrogen and oxygen atoms in total. The van der Waals surface area contributed by atoms with Crippen LogP contribution in [0.15, 0.2) is 54.6 Å². The van der Waals surface area contributed by atoms with Crippen molar-refractivity contribution in [2.75, 3.05) is 25.5 Å². The molecule has 2 N–H and O–H groups in total. The summed E-state index contributed by atoms with van der Waals surface area (Å²) in [5, 5.41) is 5.72. The number of hydrogen-bond donors (Lipinski definition) is 2. The maximum Gasteiger partial charge on any atom is 0.251 e. The lowest BCUT2D eigenvalue weighted by atomic mass is 10.2. The highest BCUT2D eigenvalue weighted by molar-refractivity contribution is 5.94. The van der Waals surface area contributed by atoms with Crippen LogP contribution in [0.3, 0.4) is 0 Å². The molecule has 2 amide bonds. The Hall–Kier alpha value is -2.82. The summed E-state index contributed by atoms with van der Waals surface area (Å²) in [6, 6.07) is 17.1. The predicted molar refractivity (Wildman–Crippen MR) is 101 cm³/mol. The van der Waals surface area contributed by atoms with E-state index < -0.39 is 0 Å². The van der Waals surface area contributed by atoms with Crippen molar-refractivity contribution in [2.45, 2.75) is 19.4 Å². The van der Waals surface area contributed by atoms with Crippen LogP contribution >= 0.6 is 0 Å². The minimum absolute atomic E-state index is 0.00866. The van der Waals surface area contributed by atoms with Crippen LogP contribution in [0.2, 0.25) is 0 Å². The third-order valence-electron chi connectivity index (χ3n) is 3.84. The van der Waals surface area contributed by atoms with Crippen LogP contribution < -0.4 is 15.5 Å². The minimum Gasteiger partial charge on any atom is -0.378 e. The highest BCUT2D eigenvalue weighted by Crippen LogP contribution is 2.12. The lowest BCUT2D eigenvalue weighted by Crippen LogP contribution is -2.27. The molecule has 132 valence electrons. The molecule has 0 spiro atoms. The molecule has 0 aliphatic heterocycles. The molecular weight excluding hydrogens is 314 g/mol. The topological polar surface area (TPSA) is 61.4 Å². The Morgan fingerprint density at radius 2 is 1.60 bits per heavy atom. The van der Waals surface area contributed by atoms with E-state index in [-0.39, 0.29) is 11.8 Å². The molecule has 0 aliphatic rings. The standard InChI is InChI=1S/C20H25N3O2/c1-23(2)18-12-10-16(11-13-18)15-22-19(24)9-6-14-21-20(25)17-7-4-3-5-8-17/h3-5,7-8,10-13H,6,9,14-15H2,1-2H3,(H,21,25)(H,22,24). The van der Waals surface area contributed by atoms with Gasteiger partial charge < -0.3 is 15.5 Å². The second kappa shape index (κ2) is 9.47. The van der Waals surface area contributed by atoms with E-state index in [0.717, 1.165) is 11.3 Å². The van der Waals surface area contributed by atoms with Gasteiger partial charge >= 0.3 is 0 Å². The van der Waals surface area contributed by atoms with Crippen LogP contribution in [0, 0.1) is 0 Å². The average Bonchev–Trinajstić information content (AvgIpc) is 2.64. The zero-order valence-electron chi connectivity index (χ0n) is 14.8. The number of anilines is 1. The van der Waals surface area contributed by atoms with Gasteiger partial charge in [-0.1, -0.05) is 30.3 Å². The Morgan fingerprint density at radius 1 is 0.920 bits per heavy atom. The van der Waals surface area contributed by atoms with Gasteiger partial charge in [0.15, 0.2) is 0 Å². The fourth-order valence-electron chi connectivity index (χ4n) is 2.34. The molecule has 0 bridgehead atoms. The molecule has 0 aromatic heterocycles. The Kier molecular flexibility index (Phi) is 7.01. The number of nitrogens with one attached hydrogen (secondary N) is 2. The molecule has 0 saturated carbocycles. The van der Waals surface area contributed by atoms with Gasteiger partial charge in [0.05, 0.1) is 0 Å². The van der Waals surface area contributed by atoms with Gasteiger partial charge in [-0.15, -0.1) is 0 Å². The van der Waals surface area contributed by atoms with Crippen molar-refractivity contribution in [1.29, 1.82) is 0 Å². The summed E-state index contributed by atoms with van der Waals surface area (Å²) < 4.78 is 0. The Balaban J connectivity index is 1.63. The minimum atomic E-state index is -0.109. The zero-order chi connectivity index (χ0) is 18.1. The van der Waals surface area contributed by atoms with Crippen molar-refractivity contribution in [3.8, 4) is 0 Å². The molecule has 2 rings (SSSR count). The maximum absolute atomic E-state index is 11.9. The summed E-state index contributed by atoms with van der Waals surface area (Å²) in [6.07, 6.45) is 1.01. The van der Waals surface area contributed by atoms with Crippen molar-refractivity contribution in [3.05, 3.63) is 65.7 Å². The molecular formula is C20H25N3O2. The summed E-state index contributed by atoms with van der Waals surface area (Å²) in [5.41, 5.74) is 2.83. The van der Waals surface area contributed by atoms with E-state index in [0.29, 0.717) is 31.5 Å². The third kappa shape index (κ3) is 6.30. The van der Waals surface area contributed by atoms with Crippen LogP contribution in [-0.2, 0) is 11.3 Å². The number of rotatable bonds is 8. The summed E-state index contributed by atoms with van der Waals surface area (Å²) in [6.45, 7) is 1.00. The molecule has 0 unspecified atom stereocenters. The van der Waals surface area contributed by atoms with Crippen LogP contribution in [0.4, 0.5) is 5.69 Å². The normalized spacial score (nSPS) is 10.2. The molecule has 0 radical (unpaired) electrons. The lowest BCUT2D eigenvalue weighted by molar-refractivity contribution is -0.121.